The van der Waals surface area contributed by atoms with Crippen molar-refractivity contribution in [2.45, 2.75) is 10.7 Å². The molecule has 0 saturated heterocycles. The largest absolute Gasteiger partial charge is 0.482 e. The van der Waals surface area contributed by atoms with Gasteiger partial charge in [-0.25, -0.2) is 4.79 Å². The second kappa shape index (κ2) is 6.07. The molecule has 1 aromatic heterocycles. The SMILES string of the molecule is O=C(O)COc1cc(CBr)nc(CBr)c1. The summed E-state index contributed by atoms with van der Waals surface area (Å²) in [6.07, 6.45) is 0. The zero-order valence-electron chi connectivity index (χ0n) is 7.74. The van der Waals surface area contributed by atoms with Gasteiger partial charge >= 0.3 is 5.97 Å². The van der Waals surface area contributed by atoms with Gasteiger partial charge < -0.3 is 9.84 Å². The van der Waals surface area contributed by atoms with E-state index in [4.69, 9.17) is 9.84 Å². The Hall–Kier alpha value is -0.620. The van der Waals surface area contributed by atoms with E-state index < -0.39 is 5.97 Å². The van der Waals surface area contributed by atoms with E-state index in [1.165, 1.54) is 0 Å². The van der Waals surface area contributed by atoms with E-state index in [1.807, 2.05) is 0 Å². The third-order valence-electron chi connectivity index (χ3n) is 1.54. The van der Waals surface area contributed by atoms with E-state index in [9.17, 15) is 4.79 Å². The zero-order valence-corrected chi connectivity index (χ0v) is 10.9. The molecule has 0 aliphatic heterocycles. The second-order valence-electron chi connectivity index (χ2n) is 2.74. The Morgan fingerprint density at radius 1 is 1.33 bits per heavy atom. The predicted molar refractivity (Wildman–Crippen MR) is 62.6 cm³/mol. The Labute approximate surface area is 104 Å². The fourth-order valence-corrected chi connectivity index (χ4v) is 1.56. The summed E-state index contributed by atoms with van der Waals surface area (Å²) in [5.41, 5.74) is 1.62. The van der Waals surface area contributed by atoms with E-state index in [1.54, 1.807) is 12.1 Å². The molecule has 0 atom stereocenters. The van der Waals surface area contributed by atoms with Gasteiger partial charge in [-0.1, -0.05) is 31.9 Å². The van der Waals surface area contributed by atoms with Gasteiger partial charge in [-0.05, 0) is 0 Å². The Balaban J connectivity index is 2.81. The van der Waals surface area contributed by atoms with Crippen LogP contribution >= 0.6 is 31.9 Å². The maximum Gasteiger partial charge on any atom is 0.341 e. The molecule has 1 N–H and O–H groups in total. The fourth-order valence-electron chi connectivity index (χ4n) is 0.984. The van der Waals surface area contributed by atoms with Crippen LogP contribution in [0, 0.1) is 0 Å². The first-order valence-electron chi connectivity index (χ1n) is 4.12. The standard InChI is InChI=1S/C9H9Br2NO3/c10-3-6-1-8(15-5-9(13)14)2-7(4-11)12-6/h1-2H,3-5H2,(H,13,14). The minimum atomic E-state index is -0.993. The van der Waals surface area contributed by atoms with Gasteiger partial charge in [-0.15, -0.1) is 0 Å². The summed E-state index contributed by atoms with van der Waals surface area (Å²) in [7, 11) is 0. The van der Waals surface area contributed by atoms with Gasteiger partial charge in [-0.3, -0.25) is 4.98 Å². The zero-order chi connectivity index (χ0) is 11.3. The summed E-state index contributed by atoms with van der Waals surface area (Å²) in [5, 5.41) is 9.69. The molecule has 0 aliphatic carbocycles. The topological polar surface area (TPSA) is 59.4 Å². The maximum absolute atomic E-state index is 10.3. The van der Waals surface area contributed by atoms with Crippen LogP contribution in [0.15, 0.2) is 12.1 Å². The molecule has 0 amide bonds. The van der Waals surface area contributed by atoms with Crippen molar-refractivity contribution in [2.24, 2.45) is 0 Å². The number of pyridine rings is 1. The molecule has 82 valence electrons. The van der Waals surface area contributed by atoms with Crippen LogP contribution in [0.25, 0.3) is 0 Å². The molecule has 0 radical (unpaired) electrons. The summed E-state index contributed by atoms with van der Waals surface area (Å²) in [5.74, 6) is -0.469. The molecular weight excluding hydrogens is 330 g/mol. The number of halogens is 2. The quantitative estimate of drug-likeness (QED) is 0.837. The number of carboxylic acid groups (broad SMARTS) is 1. The lowest BCUT2D eigenvalue weighted by Crippen LogP contribution is -2.10. The highest BCUT2D eigenvalue weighted by molar-refractivity contribution is 9.08. The van der Waals surface area contributed by atoms with Crippen LogP contribution < -0.4 is 4.74 Å². The number of rotatable bonds is 5. The highest BCUT2D eigenvalue weighted by atomic mass is 79.9. The number of carbonyl (C=O) groups is 1. The molecule has 0 aliphatic rings. The molecule has 0 bridgehead atoms. The van der Waals surface area contributed by atoms with Crippen LogP contribution in [-0.4, -0.2) is 22.7 Å². The molecule has 0 fully saturated rings. The third-order valence-corrected chi connectivity index (χ3v) is 2.69. The van der Waals surface area contributed by atoms with E-state index >= 15 is 0 Å². The Morgan fingerprint density at radius 3 is 2.27 bits per heavy atom. The molecule has 0 aromatic carbocycles. The highest BCUT2D eigenvalue weighted by Crippen LogP contribution is 2.17. The van der Waals surface area contributed by atoms with Crippen LogP contribution in [-0.2, 0) is 15.5 Å². The smallest absolute Gasteiger partial charge is 0.341 e. The summed E-state index contributed by atoms with van der Waals surface area (Å²) < 4.78 is 5.07. The van der Waals surface area contributed by atoms with Gasteiger partial charge in [0.15, 0.2) is 6.61 Å². The number of aliphatic carboxylic acids is 1. The summed E-state index contributed by atoms with van der Waals surface area (Å²) in [6, 6.07) is 3.42. The molecule has 0 saturated carbocycles. The van der Waals surface area contributed by atoms with Gasteiger partial charge in [0.2, 0.25) is 0 Å². The summed E-state index contributed by atoms with van der Waals surface area (Å²) >= 11 is 6.57. The van der Waals surface area contributed by atoms with Gasteiger partial charge in [0, 0.05) is 22.8 Å². The van der Waals surface area contributed by atoms with Crippen LogP contribution in [0.5, 0.6) is 5.75 Å². The predicted octanol–water partition coefficient (Wildman–Crippen LogP) is 2.33. The van der Waals surface area contributed by atoms with Crippen molar-refractivity contribution in [3.8, 4) is 5.75 Å². The molecule has 1 heterocycles. The number of hydrogen-bond acceptors (Lipinski definition) is 3. The Morgan fingerprint density at radius 2 is 1.87 bits per heavy atom. The number of aromatic nitrogens is 1. The number of carboxylic acids is 1. The van der Waals surface area contributed by atoms with E-state index in [-0.39, 0.29) is 6.61 Å². The lowest BCUT2D eigenvalue weighted by atomic mass is 10.3. The van der Waals surface area contributed by atoms with Gasteiger partial charge in [0.25, 0.3) is 0 Å². The first-order valence-corrected chi connectivity index (χ1v) is 6.36. The third kappa shape index (κ3) is 4.17. The van der Waals surface area contributed by atoms with Crippen LogP contribution in [0.2, 0.25) is 0 Å². The first-order chi connectivity index (χ1) is 7.15. The number of ether oxygens (including phenoxy) is 1. The van der Waals surface area contributed by atoms with Crippen molar-refractivity contribution in [3.63, 3.8) is 0 Å². The minimum Gasteiger partial charge on any atom is -0.482 e. The highest BCUT2D eigenvalue weighted by Gasteiger charge is 2.04. The molecule has 6 heteroatoms. The van der Waals surface area contributed by atoms with Gasteiger partial charge in [0.05, 0.1) is 11.4 Å². The van der Waals surface area contributed by atoms with Crippen molar-refractivity contribution in [2.75, 3.05) is 6.61 Å². The molecule has 4 nitrogen and oxygen atoms in total. The molecule has 0 spiro atoms. The van der Waals surface area contributed by atoms with Gasteiger partial charge in [-0.2, -0.15) is 0 Å². The van der Waals surface area contributed by atoms with Gasteiger partial charge in [0.1, 0.15) is 5.75 Å². The Kier molecular flexibility index (Phi) is 5.04. The van der Waals surface area contributed by atoms with Crippen molar-refractivity contribution < 1.29 is 14.6 Å². The van der Waals surface area contributed by atoms with Crippen LogP contribution in [0.3, 0.4) is 0 Å². The maximum atomic E-state index is 10.3. The normalized spacial score (nSPS) is 10.0. The Bertz CT molecular complexity index is 335. The molecule has 15 heavy (non-hydrogen) atoms. The number of alkyl halides is 2. The first kappa shape index (κ1) is 12.4. The van der Waals surface area contributed by atoms with Crippen molar-refractivity contribution in [1.29, 1.82) is 0 Å². The lowest BCUT2D eigenvalue weighted by Gasteiger charge is -2.06. The summed E-state index contributed by atoms with van der Waals surface area (Å²) in [4.78, 5) is 14.6. The fraction of sp³-hybridized carbons (Fsp3) is 0.333. The van der Waals surface area contributed by atoms with Crippen LogP contribution in [0.1, 0.15) is 11.4 Å². The van der Waals surface area contributed by atoms with Crippen molar-refractivity contribution in [1.82, 2.24) is 4.98 Å². The summed E-state index contributed by atoms with van der Waals surface area (Å²) in [6.45, 7) is -0.340. The number of hydrogen-bond donors (Lipinski definition) is 1. The number of nitrogens with zero attached hydrogens (tertiary/aromatic N) is 1. The van der Waals surface area contributed by atoms with E-state index in [2.05, 4.69) is 36.8 Å². The monoisotopic (exact) mass is 337 g/mol. The average Bonchev–Trinajstić information content (AvgIpc) is 2.25. The molecule has 1 aromatic rings. The van der Waals surface area contributed by atoms with E-state index in [0.29, 0.717) is 16.4 Å². The van der Waals surface area contributed by atoms with Crippen molar-refractivity contribution >= 4 is 37.8 Å². The lowest BCUT2D eigenvalue weighted by molar-refractivity contribution is -0.139. The molecular formula is C9H9Br2NO3. The van der Waals surface area contributed by atoms with E-state index in [0.717, 1.165) is 11.4 Å². The average molecular weight is 339 g/mol. The molecule has 0 unspecified atom stereocenters. The molecule has 1 rings (SSSR count). The van der Waals surface area contributed by atoms with Crippen LogP contribution in [0.4, 0.5) is 0 Å². The second-order valence-corrected chi connectivity index (χ2v) is 3.86. The minimum absolute atomic E-state index is 0.340. The van der Waals surface area contributed by atoms with Crippen molar-refractivity contribution in [3.05, 3.63) is 23.5 Å².